The van der Waals surface area contributed by atoms with Crippen LogP contribution in [0.4, 0.5) is 10.1 Å². The molecule has 2 fully saturated rings. The van der Waals surface area contributed by atoms with Gasteiger partial charge >= 0.3 is 0 Å². The SMILES string of the molecule is CS(=O)(=O)c1ccc(N2CCN(C(=O)c3cc(S(C)(=O)=O)ccc3OCC3CCC3)CC2)c(F)c1. The molecular formula is C24H29FN2O6S2. The minimum Gasteiger partial charge on any atom is -0.492 e. The molecule has 2 aliphatic rings. The largest absolute Gasteiger partial charge is 0.492 e. The highest BCUT2D eigenvalue weighted by atomic mass is 32.2. The third kappa shape index (κ3) is 5.78. The summed E-state index contributed by atoms with van der Waals surface area (Å²) in [6.45, 7) is 1.74. The Balaban J connectivity index is 1.50. The van der Waals surface area contributed by atoms with E-state index in [1.54, 1.807) is 9.80 Å². The number of rotatable bonds is 7. The molecule has 1 heterocycles. The Morgan fingerprint density at radius 1 is 0.943 bits per heavy atom. The second-order valence-electron chi connectivity index (χ2n) is 9.20. The summed E-state index contributed by atoms with van der Waals surface area (Å²) in [7, 11) is -7.03. The molecule has 0 N–H and O–H groups in total. The molecule has 8 nitrogen and oxygen atoms in total. The van der Waals surface area contributed by atoms with E-state index < -0.39 is 25.5 Å². The summed E-state index contributed by atoms with van der Waals surface area (Å²) in [5.74, 6) is -0.175. The maximum absolute atomic E-state index is 14.6. The van der Waals surface area contributed by atoms with E-state index in [9.17, 15) is 26.0 Å². The second kappa shape index (κ2) is 9.77. The predicted molar refractivity (Wildman–Crippen MR) is 130 cm³/mol. The molecule has 0 aromatic heterocycles. The lowest BCUT2D eigenvalue weighted by Gasteiger charge is -2.36. The van der Waals surface area contributed by atoms with Gasteiger partial charge in [-0.1, -0.05) is 6.42 Å². The zero-order valence-electron chi connectivity index (χ0n) is 19.7. The molecule has 2 aromatic rings. The summed E-state index contributed by atoms with van der Waals surface area (Å²) >= 11 is 0. The van der Waals surface area contributed by atoms with E-state index in [0.29, 0.717) is 31.4 Å². The Hall–Kier alpha value is -2.66. The van der Waals surface area contributed by atoms with Gasteiger partial charge in [0.2, 0.25) is 0 Å². The lowest BCUT2D eigenvalue weighted by Crippen LogP contribution is -2.49. The molecule has 190 valence electrons. The van der Waals surface area contributed by atoms with Gasteiger partial charge in [-0.2, -0.15) is 0 Å². The lowest BCUT2D eigenvalue weighted by atomic mass is 9.86. The Kier molecular flexibility index (Phi) is 7.10. The number of nitrogens with zero attached hydrogens (tertiary/aromatic N) is 2. The van der Waals surface area contributed by atoms with Crippen molar-refractivity contribution in [2.45, 2.75) is 29.1 Å². The number of sulfone groups is 2. The van der Waals surface area contributed by atoms with Crippen molar-refractivity contribution < 1.29 is 30.8 Å². The molecule has 0 spiro atoms. The Bertz CT molecular complexity index is 1330. The smallest absolute Gasteiger partial charge is 0.257 e. The Labute approximate surface area is 205 Å². The molecule has 1 aliphatic heterocycles. The number of halogens is 1. The van der Waals surface area contributed by atoms with E-state index in [-0.39, 0.29) is 40.0 Å². The van der Waals surface area contributed by atoms with Gasteiger partial charge in [-0.05, 0) is 55.2 Å². The van der Waals surface area contributed by atoms with Crippen molar-refractivity contribution in [2.24, 2.45) is 5.92 Å². The van der Waals surface area contributed by atoms with Crippen LogP contribution in [0.25, 0.3) is 0 Å². The summed E-state index contributed by atoms with van der Waals surface area (Å²) in [4.78, 5) is 16.7. The monoisotopic (exact) mass is 524 g/mol. The van der Waals surface area contributed by atoms with Crippen LogP contribution in [0.15, 0.2) is 46.2 Å². The average molecular weight is 525 g/mol. The number of hydrogen-bond acceptors (Lipinski definition) is 7. The van der Waals surface area contributed by atoms with E-state index >= 15 is 0 Å². The number of piperazine rings is 1. The van der Waals surface area contributed by atoms with E-state index in [1.807, 2.05) is 0 Å². The summed E-state index contributed by atoms with van der Waals surface area (Å²) < 4.78 is 68.1. The number of amides is 1. The minimum absolute atomic E-state index is 0.0449. The van der Waals surface area contributed by atoms with E-state index in [4.69, 9.17) is 4.74 Å². The average Bonchev–Trinajstić information content (AvgIpc) is 2.76. The van der Waals surface area contributed by atoms with Crippen LogP contribution in [-0.2, 0) is 19.7 Å². The number of benzene rings is 2. The van der Waals surface area contributed by atoms with Crippen molar-refractivity contribution in [1.82, 2.24) is 4.90 Å². The predicted octanol–water partition coefficient (Wildman–Crippen LogP) is 2.77. The van der Waals surface area contributed by atoms with Crippen molar-refractivity contribution >= 4 is 31.3 Å². The van der Waals surface area contributed by atoms with Crippen LogP contribution >= 0.6 is 0 Å². The van der Waals surface area contributed by atoms with Gasteiger partial charge in [0.1, 0.15) is 11.6 Å². The summed E-state index contributed by atoms with van der Waals surface area (Å²) in [6.07, 6.45) is 5.43. The van der Waals surface area contributed by atoms with Crippen molar-refractivity contribution in [3.05, 3.63) is 47.8 Å². The molecule has 1 saturated carbocycles. The molecular weight excluding hydrogens is 495 g/mol. The highest BCUT2D eigenvalue weighted by Crippen LogP contribution is 2.30. The summed E-state index contributed by atoms with van der Waals surface area (Å²) in [5.41, 5.74) is 0.470. The van der Waals surface area contributed by atoms with E-state index in [0.717, 1.165) is 37.8 Å². The maximum Gasteiger partial charge on any atom is 0.257 e. The van der Waals surface area contributed by atoms with Gasteiger partial charge < -0.3 is 14.5 Å². The van der Waals surface area contributed by atoms with E-state index in [2.05, 4.69) is 0 Å². The van der Waals surface area contributed by atoms with Gasteiger partial charge in [-0.3, -0.25) is 4.79 Å². The topological polar surface area (TPSA) is 101 Å². The fraction of sp³-hybridized carbons (Fsp3) is 0.458. The van der Waals surface area contributed by atoms with Crippen LogP contribution in [-0.4, -0.2) is 72.9 Å². The zero-order valence-corrected chi connectivity index (χ0v) is 21.4. The molecule has 1 saturated heterocycles. The first kappa shape index (κ1) is 25.4. The molecule has 0 radical (unpaired) electrons. The number of ether oxygens (including phenoxy) is 1. The van der Waals surface area contributed by atoms with Crippen molar-refractivity contribution in [3.63, 3.8) is 0 Å². The molecule has 0 unspecified atom stereocenters. The molecule has 0 bridgehead atoms. The van der Waals surface area contributed by atoms with Crippen LogP contribution in [0.3, 0.4) is 0 Å². The van der Waals surface area contributed by atoms with E-state index in [1.165, 1.54) is 30.3 Å². The third-order valence-electron chi connectivity index (χ3n) is 6.56. The normalized spacial score (nSPS) is 17.2. The quantitative estimate of drug-likeness (QED) is 0.549. The molecule has 0 atom stereocenters. The highest BCUT2D eigenvalue weighted by molar-refractivity contribution is 7.91. The molecule has 1 amide bonds. The van der Waals surface area contributed by atoms with Crippen LogP contribution < -0.4 is 9.64 Å². The first-order valence-corrected chi connectivity index (χ1v) is 15.2. The first-order valence-electron chi connectivity index (χ1n) is 11.4. The highest BCUT2D eigenvalue weighted by Gasteiger charge is 2.28. The standard InChI is InChI=1S/C24H29FN2O6S2/c1-34(29,30)18-7-9-23(33-16-17-4-3-5-17)20(14-18)24(28)27-12-10-26(11-13-27)22-8-6-19(15-21(22)25)35(2,31)32/h6-9,14-15,17H,3-5,10-13,16H2,1-2H3. The van der Waals surface area contributed by atoms with Crippen molar-refractivity contribution in [3.8, 4) is 5.75 Å². The molecule has 1 aliphatic carbocycles. The lowest BCUT2D eigenvalue weighted by molar-refractivity contribution is 0.0739. The van der Waals surface area contributed by atoms with Crippen molar-refractivity contribution in [2.75, 3.05) is 50.2 Å². The van der Waals surface area contributed by atoms with Gasteiger partial charge in [0.15, 0.2) is 19.7 Å². The van der Waals surface area contributed by atoms with Crippen LogP contribution in [0.1, 0.15) is 29.6 Å². The summed E-state index contributed by atoms with van der Waals surface area (Å²) in [5, 5.41) is 0. The number of carbonyl (C=O) groups excluding carboxylic acids is 1. The second-order valence-corrected chi connectivity index (χ2v) is 13.2. The van der Waals surface area contributed by atoms with Crippen LogP contribution in [0.5, 0.6) is 5.75 Å². The number of anilines is 1. The third-order valence-corrected chi connectivity index (χ3v) is 8.78. The fourth-order valence-electron chi connectivity index (χ4n) is 4.20. The van der Waals surface area contributed by atoms with Crippen LogP contribution in [0.2, 0.25) is 0 Å². The summed E-state index contributed by atoms with van der Waals surface area (Å²) in [6, 6.07) is 8.16. The minimum atomic E-state index is -3.52. The molecule has 4 rings (SSSR count). The first-order chi connectivity index (χ1) is 16.4. The van der Waals surface area contributed by atoms with Gasteiger partial charge in [-0.15, -0.1) is 0 Å². The zero-order chi connectivity index (χ0) is 25.4. The van der Waals surface area contributed by atoms with Crippen molar-refractivity contribution in [1.29, 1.82) is 0 Å². The fourth-order valence-corrected chi connectivity index (χ4v) is 5.48. The molecule has 2 aromatic carbocycles. The maximum atomic E-state index is 14.6. The Morgan fingerprint density at radius 2 is 1.54 bits per heavy atom. The van der Waals surface area contributed by atoms with Gasteiger partial charge in [0.05, 0.1) is 27.6 Å². The van der Waals surface area contributed by atoms with Gasteiger partial charge in [0, 0.05) is 38.7 Å². The Morgan fingerprint density at radius 3 is 2.09 bits per heavy atom. The van der Waals surface area contributed by atoms with Gasteiger partial charge in [0.25, 0.3) is 5.91 Å². The number of carbonyl (C=O) groups is 1. The molecule has 35 heavy (non-hydrogen) atoms. The number of hydrogen-bond donors (Lipinski definition) is 0. The molecule has 11 heteroatoms. The van der Waals surface area contributed by atoms with Crippen LogP contribution in [0, 0.1) is 11.7 Å². The van der Waals surface area contributed by atoms with Gasteiger partial charge in [-0.25, -0.2) is 21.2 Å².